The van der Waals surface area contributed by atoms with Crippen molar-refractivity contribution >= 4 is 78.7 Å². The van der Waals surface area contributed by atoms with Crippen LogP contribution in [0.2, 0.25) is 0 Å². The average molecular weight is 276 g/mol. The van der Waals surface area contributed by atoms with Gasteiger partial charge in [0.1, 0.15) is 0 Å². The van der Waals surface area contributed by atoms with E-state index in [9.17, 15) is 0 Å². The molecule has 3 heteroatoms. The Morgan fingerprint density at radius 3 is 1.25 bits per heavy atom. The van der Waals surface area contributed by atoms with Crippen LogP contribution >= 0.6 is 0 Å². The minimum absolute atomic E-state index is 0. The molecule has 0 saturated heterocycles. The van der Waals surface area contributed by atoms with Gasteiger partial charge in [-0.3, -0.25) is 0 Å². The number of hydrogen-bond donors (Lipinski definition) is 0. The zero-order chi connectivity index (χ0) is 2.00. The Kier molecular flexibility index (Phi) is 81.8. The summed E-state index contributed by atoms with van der Waals surface area (Å²) in [5.41, 5.74) is 0. The molecule has 18 valence electrons. The van der Waals surface area contributed by atoms with E-state index < -0.39 is 0 Å². The second kappa shape index (κ2) is 19.7. The summed E-state index contributed by atoms with van der Waals surface area (Å²) in [6, 6.07) is 0. The van der Waals surface area contributed by atoms with Gasteiger partial charge in [0.05, 0.1) is 0 Å². The maximum atomic E-state index is 6.50. The fraction of sp³-hybridized carbons (Fsp3) is 0. The molecule has 0 bridgehead atoms. The van der Waals surface area contributed by atoms with E-state index in [-0.39, 0.29) is 78.7 Å². The molecule has 0 atom stereocenters. The van der Waals surface area contributed by atoms with Crippen LogP contribution in [0, 0.1) is 11.8 Å². The van der Waals surface area contributed by atoms with Crippen molar-refractivity contribution in [1.29, 1.82) is 5.26 Å². The monoisotopic (exact) mass is 277 g/mol. The molecule has 0 fully saturated rings. The first-order valence-corrected chi connectivity index (χ1v) is 0.258. The van der Waals surface area contributed by atoms with Crippen LogP contribution in [0.15, 0.2) is 0 Å². The van der Waals surface area contributed by atoms with Crippen molar-refractivity contribution < 1.29 is 0 Å². The summed E-state index contributed by atoms with van der Waals surface area (Å²) < 4.78 is 0. The normalized spacial score (nSPS) is 0.500. The Bertz CT molecular complexity index is 12.8. The van der Waals surface area contributed by atoms with E-state index in [2.05, 4.69) is 6.57 Å². The molecule has 0 aliphatic rings. The van der Waals surface area contributed by atoms with Crippen molar-refractivity contribution in [1.82, 2.24) is 0 Å². The summed E-state index contributed by atoms with van der Waals surface area (Å²) >= 11 is 0. The van der Waals surface area contributed by atoms with Gasteiger partial charge >= 0.3 is 78.7 Å². The van der Waals surface area contributed by atoms with E-state index in [1.165, 1.54) is 0 Å². The average Bonchev–Trinajstić information content (AvgIpc) is 1.00. The molecule has 0 heterocycles. The third-order valence-electron chi connectivity index (χ3n) is 0. The summed E-state index contributed by atoms with van der Waals surface area (Å²) in [5.74, 6) is 0. The summed E-state index contributed by atoms with van der Waals surface area (Å²) in [5, 5.41) is 6.50. The maximum absolute atomic E-state index is 6.50. The summed E-state index contributed by atoms with van der Waals surface area (Å²) in [6.07, 6.45) is 0. The molecule has 0 amide bonds. The van der Waals surface area contributed by atoms with E-state index >= 15 is 0 Å². The van der Waals surface area contributed by atoms with E-state index in [1.54, 1.807) is 0 Å². The quantitative estimate of drug-likeness (QED) is 0.498. The molecule has 2 radical (unpaired) electrons. The van der Waals surface area contributed by atoms with Gasteiger partial charge in [0.15, 0.2) is 0 Å². The Morgan fingerprint density at radius 1 is 1.25 bits per heavy atom. The minimum atomic E-state index is 0. The molecule has 0 N–H and O–H groups in total. The van der Waals surface area contributed by atoms with Crippen LogP contribution in [0.25, 0.3) is 0 Å². The number of rotatable bonds is 0. The van der Waals surface area contributed by atoms with Gasteiger partial charge in [0.25, 0.3) is 0 Å². The van der Waals surface area contributed by atoms with Crippen molar-refractivity contribution in [3.63, 3.8) is 0 Å². The standard InChI is InChI=1S/CHN.K.Pb.3H/c1-2;;;;;/h1H;;;;;. The molecule has 4 heavy (non-hydrogen) atoms. The second-order valence-electron chi connectivity index (χ2n) is 0. The Morgan fingerprint density at radius 2 is 1.25 bits per heavy atom. The first-order valence-electron chi connectivity index (χ1n) is 0.258. The van der Waals surface area contributed by atoms with E-state index in [4.69, 9.17) is 5.26 Å². The SMILES string of the molecule is C#N.[KH].[PbH2]. The summed E-state index contributed by atoms with van der Waals surface area (Å²) in [7, 11) is 0. The molecule has 0 aromatic rings. The Balaban J connectivity index is -0.00000000500. The van der Waals surface area contributed by atoms with Gasteiger partial charge in [-0.2, -0.15) is 0 Å². The van der Waals surface area contributed by atoms with Crippen LogP contribution in [0.1, 0.15) is 0 Å². The first-order chi connectivity index (χ1) is 1.00. The van der Waals surface area contributed by atoms with Gasteiger partial charge in [-0.25, -0.2) is 5.26 Å². The molecule has 0 spiro atoms. The van der Waals surface area contributed by atoms with E-state index in [0.29, 0.717) is 0 Å². The van der Waals surface area contributed by atoms with Crippen LogP contribution < -0.4 is 0 Å². The van der Waals surface area contributed by atoms with Crippen LogP contribution in [-0.4, -0.2) is 78.7 Å². The van der Waals surface area contributed by atoms with Crippen LogP contribution in [-0.2, 0) is 0 Å². The number of hydrogen-bond acceptors (Lipinski definition) is 1. The molecule has 0 rings (SSSR count). The van der Waals surface area contributed by atoms with Crippen molar-refractivity contribution in [2.24, 2.45) is 0 Å². The Hall–Kier alpha value is 2.05. The van der Waals surface area contributed by atoms with E-state index in [1.807, 2.05) is 0 Å². The first kappa shape index (κ1) is 16.6. The molecule has 0 unspecified atom stereocenters. The van der Waals surface area contributed by atoms with Crippen molar-refractivity contribution in [2.75, 3.05) is 0 Å². The number of nitriles is 1. The van der Waals surface area contributed by atoms with Gasteiger partial charge in [-0.15, -0.1) is 0 Å². The van der Waals surface area contributed by atoms with E-state index in [0.717, 1.165) is 0 Å². The summed E-state index contributed by atoms with van der Waals surface area (Å²) in [6.45, 7) is 3.50. The van der Waals surface area contributed by atoms with Gasteiger partial charge in [0.2, 0.25) is 0 Å². The molecular weight excluding hydrogens is 272 g/mol. The van der Waals surface area contributed by atoms with Crippen molar-refractivity contribution in [3.05, 3.63) is 0 Å². The van der Waals surface area contributed by atoms with Gasteiger partial charge in [-0.05, 0) is 0 Å². The third-order valence-corrected chi connectivity index (χ3v) is 0. The predicted octanol–water partition coefficient (Wildman–Crippen LogP) is -1.42. The fourth-order valence-electron chi connectivity index (χ4n) is 0. The predicted molar refractivity (Wildman–Crippen MR) is 22.4 cm³/mol. The molecule has 1 nitrogen and oxygen atoms in total. The zero-order valence-electron chi connectivity index (χ0n) is 1.73. The molecule has 0 aliphatic heterocycles. The van der Waals surface area contributed by atoms with Crippen molar-refractivity contribution in [3.8, 4) is 6.57 Å². The van der Waals surface area contributed by atoms with Gasteiger partial charge in [-0.1, -0.05) is 0 Å². The van der Waals surface area contributed by atoms with Crippen LogP contribution in [0.4, 0.5) is 0 Å². The second-order valence-corrected chi connectivity index (χ2v) is 0. The molecular formula is CH4KNPb. The molecule has 0 aromatic carbocycles. The van der Waals surface area contributed by atoms with Crippen molar-refractivity contribution in [2.45, 2.75) is 0 Å². The fourth-order valence-corrected chi connectivity index (χ4v) is 0. The molecule has 0 aliphatic carbocycles. The molecule has 0 aromatic heterocycles. The third kappa shape index (κ3) is 8.97. The molecule has 0 saturated carbocycles. The number of nitrogens with zero attached hydrogens (tertiary/aromatic N) is 1. The van der Waals surface area contributed by atoms with Crippen LogP contribution in [0.3, 0.4) is 0 Å². The van der Waals surface area contributed by atoms with Gasteiger partial charge < -0.3 is 0 Å². The zero-order valence-corrected chi connectivity index (χ0v) is 7.23. The topological polar surface area (TPSA) is 23.8 Å². The Labute approximate surface area is 88.3 Å². The summed E-state index contributed by atoms with van der Waals surface area (Å²) in [4.78, 5) is 0. The van der Waals surface area contributed by atoms with Crippen LogP contribution in [0.5, 0.6) is 0 Å². The van der Waals surface area contributed by atoms with Gasteiger partial charge in [0, 0.05) is 6.57 Å².